The molecule has 1 rings (SSSR count). The van der Waals surface area contributed by atoms with Crippen LogP contribution >= 0.6 is 0 Å². The number of hydrogen-bond donors (Lipinski definition) is 2. The number of aromatic amines is 1. The summed E-state index contributed by atoms with van der Waals surface area (Å²) in [4.78, 5) is 10.5. The van der Waals surface area contributed by atoms with E-state index >= 15 is 0 Å². The fourth-order valence-corrected chi connectivity index (χ4v) is 0.815. The minimum absolute atomic E-state index is 0.0769. The summed E-state index contributed by atoms with van der Waals surface area (Å²) in [7, 11) is 0. The Labute approximate surface area is 67.7 Å². The molecule has 0 radical (unpaired) electrons. The zero-order valence-corrected chi connectivity index (χ0v) is 6.12. The molecule has 0 fully saturated rings. The smallest absolute Gasteiger partial charge is 0.339 e. The summed E-state index contributed by atoms with van der Waals surface area (Å²) in [5.41, 5.74) is 0.476. The summed E-state index contributed by atoms with van der Waals surface area (Å²) >= 11 is 0. The molecule has 0 bridgehead atoms. The number of allylic oxidation sites excluding steroid dienone is 1. The summed E-state index contributed by atoms with van der Waals surface area (Å²) in [6.07, 6.45) is 2.98. The highest BCUT2D eigenvalue weighted by molar-refractivity contribution is 5.88. The van der Waals surface area contributed by atoms with Crippen LogP contribution in [0.15, 0.2) is 18.6 Å². The number of carboxylic acids is 1. The van der Waals surface area contributed by atoms with Gasteiger partial charge in [0, 0.05) is 6.42 Å². The van der Waals surface area contributed by atoms with Crippen molar-refractivity contribution in [2.24, 2.45) is 0 Å². The molecule has 12 heavy (non-hydrogen) atoms. The second-order valence-electron chi connectivity index (χ2n) is 2.13. The molecule has 1 heterocycles. The van der Waals surface area contributed by atoms with Crippen LogP contribution in [-0.4, -0.2) is 21.3 Å². The number of rotatable bonds is 3. The standard InChI is InChI=1S/C7H7FN2O2/c8-3-1-2-6-5(7(11)12)4-9-10-6/h1,3-4H,2H2,(H,9,10)(H,11,12). The number of nitrogens with zero attached hydrogens (tertiary/aromatic N) is 1. The fourth-order valence-electron chi connectivity index (χ4n) is 0.815. The van der Waals surface area contributed by atoms with Crippen LogP contribution in [0.1, 0.15) is 16.1 Å². The van der Waals surface area contributed by atoms with Gasteiger partial charge in [0.05, 0.1) is 18.2 Å². The molecule has 64 valence electrons. The normalized spacial score (nSPS) is 10.8. The van der Waals surface area contributed by atoms with Gasteiger partial charge in [-0.15, -0.1) is 0 Å². The van der Waals surface area contributed by atoms with Gasteiger partial charge in [0.15, 0.2) is 0 Å². The van der Waals surface area contributed by atoms with E-state index in [-0.39, 0.29) is 12.0 Å². The minimum Gasteiger partial charge on any atom is -0.478 e. The van der Waals surface area contributed by atoms with Gasteiger partial charge < -0.3 is 5.11 Å². The zero-order valence-electron chi connectivity index (χ0n) is 6.12. The topological polar surface area (TPSA) is 66.0 Å². The maximum atomic E-state index is 11.6. The average molecular weight is 170 g/mol. The number of halogens is 1. The third kappa shape index (κ3) is 1.69. The molecule has 0 atom stereocenters. The number of carboxylic acid groups (broad SMARTS) is 1. The summed E-state index contributed by atoms with van der Waals surface area (Å²) in [5.74, 6) is -1.06. The first-order valence-corrected chi connectivity index (χ1v) is 3.26. The van der Waals surface area contributed by atoms with Gasteiger partial charge in [0.2, 0.25) is 0 Å². The number of aromatic carboxylic acids is 1. The Kier molecular flexibility index (Phi) is 2.57. The van der Waals surface area contributed by atoms with E-state index < -0.39 is 5.97 Å². The van der Waals surface area contributed by atoms with E-state index in [9.17, 15) is 9.18 Å². The van der Waals surface area contributed by atoms with Gasteiger partial charge in [-0.05, 0) is 0 Å². The van der Waals surface area contributed by atoms with Crippen LogP contribution in [0.25, 0.3) is 0 Å². The molecular formula is C7H7FN2O2. The van der Waals surface area contributed by atoms with Gasteiger partial charge in [-0.25, -0.2) is 9.18 Å². The molecule has 0 spiro atoms. The van der Waals surface area contributed by atoms with Gasteiger partial charge in [-0.2, -0.15) is 5.10 Å². The molecule has 0 unspecified atom stereocenters. The van der Waals surface area contributed by atoms with E-state index in [1.54, 1.807) is 0 Å². The zero-order chi connectivity index (χ0) is 8.97. The quantitative estimate of drug-likeness (QED) is 0.714. The predicted molar refractivity (Wildman–Crippen MR) is 39.5 cm³/mol. The Balaban J connectivity index is 2.84. The van der Waals surface area contributed by atoms with Crippen molar-refractivity contribution in [3.05, 3.63) is 29.9 Å². The van der Waals surface area contributed by atoms with E-state index in [1.165, 1.54) is 12.3 Å². The van der Waals surface area contributed by atoms with Crippen molar-refractivity contribution in [2.75, 3.05) is 0 Å². The number of aromatic nitrogens is 2. The number of carbonyl (C=O) groups is 1. The Morgan fingerprint density at radius 1 is 1.83 bits per heavy atom. The van der Waals surface area contributed by atoms with Crippen LogP contribution in [0.3, 0.4) is 0 Å². The third-order valence-electron chi connectivity index (χ3n) is 1.36. The van der Waals surface area contributed by atoms with Crippen molar-refractivity contribution in [1.82, 2.24) is 10.2 Å². The molecule has 0 amide bonds. The molecule has 0 aromatic carbocycles. The van der Waals surface area contributed by atoms with E-state index in [0.717, 1.165) is 0 Å². The SMILES string of the molecule is O=C(O)c1cn[nH]c1CC=CF. The Hall–Kier alpha value is -1.65. The molecule has 0 aliphatic heterocycles. The lowest BCUT2D eigenvalue weighted by molar-refractivity contribution is 0.0696. The van der Waals surface area contributed by atoms with Gasteiger partial charge in [-0.3, -0.25) is 5.10 Å². The third-order valence-corrected chi connectivity index (χ3v) is 1.36. The van der Waals surface area contributed by atoms with Gasteiger partial charge in [0.1, 0.15) is 5.56 Å². The van der Waals surface area contributed by atoms with Crippen molar-refractivity contribution in [2.45, 2.75) is 6.42 Å². The lowest BCUT2D eigenvalue weighted by Gasteiger charge is -1.91. The minimum atomic E-state index is -1.06. The van der Waals surface area contributed by atoms with Crippen LogP contribution in [0, 0.1) is 0 Å². The molecule has 1 aromatic rings. The van der Waals surface area contributed by atoms with E-state index in [1.807, 2.05) is 0 Å². The predicted octanol–water partition coefficient (Wildman–Crippen LogP) is 1.13. The van der Waals surface area contributed by atoms with Gasteiger partial charge in [0.25, 0.3) is 0 Å². The number of hydrogen-bond acceptors (Lipinski definition) is 2. The van der Waals surface area contributed by atoms with Gasteiger partial charge >= 0.3 is 5.97 Å². The summed E-state index contributed by atoms with van der Waals surface area (Å²) in [6, 6.07) is 0. The van der Waals surface area contributed by atoms with Crippen LogP contribution < -0.4 is 0 Å². The molecule has 0 aliphatic rings. The van der Waals surface area contributed by atoms with E-state index in [0.29, 0.717) is 12.0 Å². The summed E-state index contributed by atoms with van der Waals surface area (Å²) in [5, 5.41) is 14.6. The first-order valence-electron chi connectivity index (χ1n) is 3.26. The molecule has 0 saturated carbocycles. The molecule has 1 aromatic heterocycles. The maximum Gasteiger partial charge on any atom is 0.339 e. The highest BCUT2D eigenvalue weighted by Gasteiger charge is 2.09. The van der Waals surface area contributed by atoms with Crippen LogP contribution in [0.2, 0.25) is 0 Å². The highest BCUT2D eigenvalue weighted by Crippen LogP contribution is 2.05. The Bertz CT molecular complexity index is 306. The van der Waals surface area contributed by atoms with Gasteiger partial charge in [-0.1, -0.05) is 6.08 Å². The molecular weight excluding hydrogens is 163 g/mol. The number of H-pyrrole nitrogens is 1. The van der Waals surface area contributed by atoms with Crippen LogP contribution in [0.4, 0.5) is 4.39 Å². The van der Waals surface area contributed by atoms with Crippen molar-refractivity contribution in [1.29, 1.82) is 0 Å². The van der Waals surface area contributed by atoms with Crippen molar-refractivity contribution in [3.8, 4) is 0 Å². The first kappa shape index (κ1) is 8.45. The van der Waals surface area contributed by atoms with Crippen molar-refractivity contribution < 1.29 is 14.3 Å². The van der Waals surface area contributed by atoms with Crippen molar-refractivity contribution >= 4 is 5.97 Å². The molecule has 0 aliphatic carbocycles. The number of nitrogens with one attached hydrogen (secondary N) is 1. The molecule has 5 heteroatoms. The van der Waals surface area contributed by atoms with Crippen molar-refractivity contribution in [3.63, 3.8) is 0 Å². The first-order chi connectivity index (χ1) is 5.75. The fraction of sp³-hybridized carbons (Fsp3) is 0.143. The summed E-state index contributed by atoms with van der Waals surface area (Å²) in [6.45, 7) is 0. The summed E-state index contributed by atoms with van der Waals surface area (Å²) < 4.78 is 11.6. The highest BCUT2D eigenvalue weighted by atomic mass is 19.1. The van der Waals surface area contributed by atoms with Crippen LogP contribution in [-0.2, 0) is 6.42 Å². The maximum absolute atomic E-state index is 11.6. The Morgan fingerprint density at radius 2 is 2.58 bits per heavy atom. The second kappa shape index (κ2) is 3.66. The molecule has 4 nitrogen and oxygen atoms in total. The largest absolute Gasteiger partial charge is 0.478 e. The lowest BCUT2D eigenvalue weighted by atomic mass is 10.2. The average Bonchev–Trinajstić information content (AvgIpc) is 2.48. The van der Waals surface area contributed by atoms with Crippen LogP contribution in [0.5, 0.6) is 0 Å². The molecule has 2 N–H and O–H groups in total. The van der Waals surface area contributed by atoms with E-state index in [2.05, 4.69) is 10.2 Å². The lowest BCUT2D eigenvalue weighted by Crippen LogP contribution is -1.98. The second-order valence-corrected chi connectivity index (χ2v) is 2.13. The van der Waals surface area contributed by atoms with E-state index in [4.69, 9.17) is 5.11 Å². The molecule has 0 saturated heterocycles. The monoisotopic (exact) mass is 170 g/mol. The Morgan fingerprint density at radius 3 is 3.17 bits per heavy atom.